The molecule has 1 N–H and O–H groups in total. The smallest absolute Gasteiger partial charge is 0.275 e. The zero-order valence-electron chi connectivity index (χ0n) is 16.7. The summed E-state index contributed by atoms with van der Waals surface area (Å²) in [5, 5.41) is 20.9. The molecule has 0 radical (unpaired) electrons. The van der Waals surface area contributed by atoms with Gasteiger partial charge in [0.1, 0.15) is 17.5 Å². The van der Waals surface area contributed by atoms with Crippen molar-refractivity contribution in [2.24, 2.45) is 5.10 Å². The van der Waals surface area contributed by atoms with Gasteiger partial charge in [-0.25, -0.2) is 5.01 Å². The van der Waals surface area contributed by atoms with Crippen molar-refractivity contribution in [3.8, 4) is 11.8 Å². The Hall–Kier alpha value is -3.86. The van der Waals surface area contributed by atoms with Crippen LogP contribution in [0.25, 0.3) is 0 Å². The molecule has 0 aliphatic carbocycles. The normalized spacial score (nSPS) is 19.9. The Balaban J connectivity index is 1.87. The van der Waals surface area contributed by atoms with Crippen LogP contribution in [-0.2, 0) is 9.59 Å². The van der Waals surface area contributed by atoms with Crippen molar-refractivity contribution in [1.29, 1.82) is 0 Å². The number of hydrazone groups is 1. The van der Waals surface area contributed by atoms with Gasteiger partial charge in [-0.2, -0.15) is 10.2 Å². The summed E-state index contributed by atoms with van der Waals surface area (Å²) in [7, 11) is 1.67. The molecule has 2 atom stereocenters. The van der Waals surface area contributed by atoms with Gasteiger partial charge >= 0.3 is 0 Å². The van der Waals surface area contributed by atoms with Crippen molar-refractivity contribution in [3.05, 3.63) is 65.3 Å². The Morgan fingerprint density at radius 3 is 2.70 bits per heavy atom. The van der Waals surface area contributed by atoms with Crippen LogP contribution in [0.5, 0.6) is 0 Å². The molecular formula is C22H21N5O3. The van der Waals surface area contributed by atoms with Crippen LogP contribution in [0.4, 0.5) is 0 Å². The molecule has 4 rings (SSSR count). The number of aromatic nitrogens is 2. The number of likely N-dealkylation sites (N-methyl/N-ethyl adjacent to an activating group) is 1. The molecule has 1 amide bonds. The maximum absolute atomic E-state index is 12.8. The van der Waals surface area contributed by atoms with Crippen LogP contribution in [0.15, 0.2) is 59.2 Å². The minimum absolute atomic E-state index is 0.0255. The maximum atomic E-state index is 12.8. The van der Waals surface area contributed by atoms with Gasteiger partial charge in [0.2, 0.25) is 0 Å². The van der Waals surface area contributed by atoms with E-state index in [1.807, 2.05) is 42.6 Å². The average Bonchev–Trinajstić information content (AvgIpc) is 3.12. The molecule has 2 aromatic rings. The fourth-order valence-corrected chi connectivity index (χ4v) is 3.83. The number of aliphatic hydroxyl groups is 1. The number of amides is 1. The van der Waals surface area contributed by atoms with Gasteiger partial charge in [0.05, 0.1) is 18.7 Å². The van der Waals surface area contributed by atoms with E-state index in [2.05, 4.69) is 22.0 Å². The quantitative estimate of drug-likeness (QED) is 0.788. The summed E-state index contributed by atoms with van der Waals surface area (Å²) in [6.45, 7) is 2.08. The number of hydrogen-bond donors (Lipinski definition) is 1. The van der Waals surface area contributed by atoms with Gasteiger partial charge in [-0.3, -0.25) is 14.3 Å². The number of fused-ring (bicyclic) bond motifs is 1. The first kappa shape index (κ1) is 19.5. The number of carbonyl (C=O) groups is 2. The number of allylic oxidation sites excluding steroid dienone is 1. The molecule has 30 heavy (non-hydrogen) atoms. The van der Waals surface area contributed by atoms with Gasteiger partial charge in [-0.1, -0.05) is 36.3 Å². The van der Waals surface area contributed by atoms with Crippen molar-refractivity contribution in [3.63, 3.8) is 0 Å². The van der Waals surface area contributed by atoms with Crippen LogP contribution in [0, 0.1) is 11.8 Å². The monoisotopic (exact) mass is 403 g/mol. The number of nitrogens with zero attached hydrogens (tertiary/aromatic N) is 5. The van der Waals surface area contributed by atoms with E-state index < -0.39 is 6.04 Å². The van der Waals surface area contributed by atoms with Gasteiger partial charge in [0.25, 0.3) is 5.91 Å². The molecule has 152 valence electrons. The van der Waals surface area contributed by atoms with Crippen molar-refractivity contribution in [1.82, 2.24) is 19.7 Å². The second kappa shape index (κ2) is 7.87. The lowest BCUT2D eigenvalue weighted by molar-refractivity contribution is -0.132. The second-order valence-corrected chi connectivity index (χ2v) is 7.19. The van der Waals surface area contributed by atoms with Crippen molar-refractivity contribution in [2.75, 3.05) is 13.6 Å². The van der Waals surface area contributed by atoms with E-state index in [1.165, 1.54) is 9.91 Å². The van der Waals surface area contributed by atoms with Gasteiger partial charge < -0.3 is 10.0 Å². The number of carbonyl (C=O) groups excluding carboxylic acids is 2. The molecule has 0 bridgehead atoms. The van der Waals surface area contributed by atoms with Gasteiger partial charge in [-0.05, 0) is 24.5 Å². The van der Waals surface area contributed by atoms with E-state index in [9.17, 15) is 14.7 Å². The minimum atomic E-state index is -0.406. The predicted octanol–water partition coefficient (Wildman–Crippen LogP) is 1.71. The molecule has 3 heterocycles. The van der Waals surface area contributed by atoms with Crippen LogP contribution in [0.2, 0.25) is 0 Å². The number of Topliss-reactive ketones (excluding diaryl/α,β-unsaturated/α-hetero) is 1. The number of benzene rings is 1. The lowest BCUT2D eigenvalue weighted by atomic mass is 9.96. The highest BCUT2D eigenvalue weighted by Crippen LogP contribution is 2.34. The lowest BCUT2D eigenvalue weighted by Crippen LogP contribution is -2.55. The second-order valence-electron chi connectivity index (χ2n) is 7.19. The third kappa shape index (κ3) is 3.46. The maximum Gasteiger partial charge on any atom is 0.275 e. The number of rotatable bonds is 3. The zero-order chi connectivity index (χ0) is 21.3. The largest absolute Gasteiger partial charge is 0.509 e. The van der Waals surface area contributed by atoms with Gasteiger partial charge in [-0.15, -0.1) is 0 Å². The van der Waals surface area contributed by atoms with E-state index in [1.54, 1.807) is 18.7 Å². The molecule has 0 spiro atoms. The first-order valence-electron chi connectivity index (χ1n) is 9.56. The molecule has 1 fully saturated rings. The van der Waals surface area contributed by atoms with E-state index in [0.717, 1.165) is 11.8 Å². The highest BCUT2D eigenvalue weighted by atomic mass is 16.3. The Morgan fingerprint density at radius 2 is 1.97 bits per heavy atom. The Labute approximate surface area is 174 Å². The molecule has 2 aliphatic rings. The van der Waals surface area contributed by atoms with Gasteiger partial charge in [0, 0.05) is 19.8 Å². The summed E-state index contributed by atoms with van der Waals surface area (Å²) in [6, 6.07) is 10.8. The molecule has 1 aromatic heterocycles. The Morgan fingerprint density at radius 1 is 1.20 bits per heavy atom. The Bertz CT molecular complexity index is 1110. The third-order valence-electron chi connectivity index (χ3n) is 5.15. The number of hydrogen-bond acceptors (Lipinski definition) is 6. The van der Waals surface area contributed by atoms with Crippen LogP contribution in [0.1, 0.15) is 30.6 Å². The summed E-state index contributed by atoms with van der Waals surface area (Å²) >= 11 is 0. The van der Waals surface area contributed by atoms with Crippen molar-refractivity contribution >= 4 is 17.9 Å². The molecule has 0 saturated carbocycles. The van der Waals surface area contributed by atoms with Crippen LogP contribution in [-0.4, -0.2) is 62.3 Å². The summed E-state index contributed by atoms with van der Waals surface area (Å²) < 4.78 is 1.79. The van der Waals surface area contributed by atoms with Gasteiger partial charge in [0.15, 0.2) is 11.5 Å². The number of aliphatic hydroxyl groups excluding tert-OH is 1. The van der Waals surface area contributed by atoms with Crippen LogP contribution >= 0.6 is 0 Å². The van der Waals surface area contributed by atoms with Crippen molar-refractivity contribution in [2.45, 2.75) is 25.4 Å². The Kier molecular flexibility index (Phi) is 5.11. The van der Waals surface area contributed by atoms with E-state index in [4.69, 9.17) is 0 Å². The summed E-state index contributed by atoms with van der Waals surface area (Å²) in [5.74, 6) is 4.78. The topological polar surface area (TPSA) is 91.0 Å². The van der Waals surface area contributed by atoms with Crippen LogP contribution < -0.4 is 0 Å². The van der Waals surface area contributed by atoms with E-state index >= 15 is 0 Å². The highest BCUT2D eigenvalue weighted by molar-refractivity contribution is 6.28. The fourth-order valence-electron chi connectivity index (χ4n) is 3.83. The number of piperazine rings is 1. The highest BCUT2D eigenvalue weighted by Gasteiger charge is 2.43. The molecule has 2 unspecified atom stereocenters. The molecular weight excluding hydrogens is 382 g/mol. The van der Waals surface area contributed by atoms with Crippen LogP contribution in [0.3, 0.4) is 0 Å². The predicted molar refractivity (Wildman–Crippen MR) is 110 cm³/mol. The first-order chi connectivity index (χ1) is 14.5. The summed E-state index contributed by atoms with van der Waals surface area (Å²) in [4.78, 5) is 26.3. The van der Waals surface area contributed by atoms with Crippen molar-refractivity contribution < 1.29 is 14.7 Å². The average molecular weight is 403 g/mol. The first-order valence-corrected chi connectivity index (χ1v) is 9.56. The van der Waals surface area contributed by atoms with E-state index in [0.29, 0.717) is 12.2 Å². The SMILES string of the molecule is CC#Cc1ccn(C(c2ccccc2)C2CN(C)C(=O)C3=C(O)CC(=O)C=NN32)n1. The standard InChI is InChI=1S/C22H21N5O3/c1-3-7-16-10-11-26(24-16)20(15-8-5-4-6-9-15)18-14-25(2)22(30)21-19(29)12-17(28)13-23-27(18)21/h4-6,8-11,13,18,20,29H,12,14H2,1-2H3. The number of ketones is 1. The minimum Gasteiger partial charge on any atom is -0.509 e. The fraction of sp³-hybridized carbons (Fsp3) is 0.273. The zero-order valence-corrected chi connectivity index (χ0v) is 16.7. The van der Waals surface area contributed by atoms with E-state index in [-0.39, 0.29) is 35.6 Å². The molecule has 1 saturated heterocycles. The summed E-state index contributed by atoms with van der Waals surface area (Å²) in [6.07, 6.45) is 2.74. The molecule has 8 heteroatoms. The lowest BCUT2D eigenvalue weighted by Gasteiger charge is -2.42. The molecule has 1 aromatic carbocycles. The third-order valence-corrected chi connectivity index (χ3v) is 5.15. The molecule has 2 aliphatic heterocycles. The summed E-state index contributed by atoms with van der Waals surface area (Å²) in [5.41, 5.74) is 1.61. The molecule has 8 nitrogen and oxygen atoms in total.